The molecule has 2 rings (SSSR count). The number of nitrogens with one attached hydrogen (secondary N) is 1. The smallest absolute Gasteiger partial charge is 0.240 e. The maximum atomic E-state index is 12.3. The van der Waals surface area contributed by atoms with Crippen LogP contribution in [0.3, 0.4) is 0 Å². The fourth-order valence-corrected chi connectivity index (χ4v) is 4.01. The Balaban J connectivity index is 2.04. The molecule has 1 aliphatic rings. The molecule has 1 saturated heterocycles. The summed E-state index contributed by atoms with van der Waals surface area (Å²) >= 11 is 6.00. The number of hydrogen-bond acceptors (Lipinski definition) is 3. The maximum absolute atomic E-state index is 12.3. The average molecular weight is 317 g/mol. The molecule has 0 amide bonds. The zero-order chi connectivity index (χ0) is 14.8. The zero-order valence-corrected chi connectivity index (χ0v) is 13.5. The van der Waals surface area contributed by atoms with Gasteiger partial charge in [-0.15, -0.1) is 0 Å². The maximum Gasteiger partial charge on any atom is 0.240 e. The minimum atomic E-state index is -3.46. The van der Waals surface area contributed by atoms with E-state index in [0.29, 0.717) is 22.0 Å². The second-order valence-corrected chi connectivity index (χ2v) is 7.46. The number of sulfonamides is 1. The van der Waals surface area contributed by atoms with Gasteiger partial charge in [-0.1, -0.05) is 11.6 Å². The van der Waals surface area contributed by atoms with Crippen LogP contribution in [0, 0.1) is 13.8 Å². The van der Waals surface area contributed by atoms with Crippen LogP contribution in [-0.2, 0) is 10.0 Å². The Morgan fingerprint density at radius 2 is 1.85 bits per heavy atom. The van der Waals surface area contributed by atoms with Crippen molar-refractivity contribution in [2.75, 3.05) is 26.2 Å². The highest BCUT2D eigenvalue weighted by Crippen LogP contribution is 2.23. The summed E-state index contributed by atoms with van der Waals surface area (Å²) in [5, 5.41) is 0.596. The summed E-state index contributed by atoms with van der Waals surface area (Å²) in [5.74, 6) is 0. The van der Waals surface area contributed by atoms with Crippen molar-refractivity contribution in [2.24, 2.45) is 0 Å². The monoisotopic (exact) mass is 316 g/mol. The number of halogens is 1. The normalized spacial score (nSPS) is 16.8. The molecule has 0 atom stereocenters. The Morgan fingerprint density at radius 1 is 1.20 bits per heavy atom. The molecule has 0 aliphatic carbocycles. The van der Waals surface area contributed by atoms with Crippen LogP contribution in [-0.4, -0.2) is 39.5 Å². The van der Waals surface area contributed by atoms with Crippen LogP contribution in [0.2, 0.25) is 5.02 Å². The van der Waals surface area contributed by atoms with Crippen molar-refractivity contribution in [3.63, 3.8) is 0 Å². The lowest BCUT2D eigenvalue weighted by Gasteiger charge is -2.16. The standard InChI is InChI=1S/C14H21ClN2O2S/c1-11-10-14(12(2)9-13(11)15)20(18,19)16-5-8-17-6-3-4-7-17/h9-10,16H,3-8H2,1-2H3. The quantitative estimate of drug-likeness (QED) is 0.907. The molecule has 0 unspecified atom stereocenters. The van der Waals surface area contributed by atoms with Crippen molar-refractivity contribution in [3.05, 3.63) is 28.3 Å². The first-order valence-corrected chi connectivity index (χ1v) is 8.75. The third-order valence-corrected chi connectivity index (χ3v) is 5.67. The Hall–Kier alpha value is -0.620. The van der Waals surface area contributed by atoms with Crippen LogP contribution in [0.4, 0.5) is 0 Å². The fourth-order valence-electron chi connectivity index (χ4n) is 2.47. The highest BCUT2D eigenvalue weighted by molar-refractivity contribution is 7.89. The summed E-state index contributed by atoms with van der Waals surface area (Å²) in [5.41, 5.74) is 1.45. The lowest BCUT2D eigenvalue weighted by Crippen LogP contribution is -2.33. The lowest BCUT2D eigenvalue weighted by molar-refractivity contribution is 0.344. The second kappa shape index (κ2) is 6.43. The topological polar surface area (TPSA) is 49.4 Å². The van der Waals surface area contributed by atoms with Crippen LogP contribution in [0.25, 0.3) is 0 Å². The van der Waals surface area contributed by atoms with E-state index in [1.807, 2.05) is 6.92 Å². The summed E-state index contributed by atoms with van der Waals surface area (Å²) in [6.45, 7) is 6.93. The molecule has 1 aromatic rings. The highest BCUT2D eigenvalue weighted by atomic mass is 35.5. The van der Waals surface area contributed by atoms with Crippen LogP contribution in [0.1, 0.15) is 24.0 Å². The van der Waals surface area contributed by atoms with Gasteiger partial charge in [0.05, 0.1) is 4.90 Å². The van der Waals surface area contributed by atoms with Gasteiger partial charge in [-0.25, -0.2) is 13.1 Å². The van der Waals surface area contributed by atoms with E-state index in [4.69, 9.17) is 11.6 Å². The Morgan fingerprint density at radius 3 is 2.50 bits per heavy atom. The first kappa shape index (κ1) is 15.8. The van der Waals surface area contributed by atoms with E-state index in [0.717, 1.165) is 25.2 Å². The summed E-state index contributed by atoms with van der Waals surface area (Å²) in [4.78, 5) is 2.60. The van der Waals surface area contributed by atoms with E-state index >= 15 is 0 Å². The van der Waals surface area contributed by atoms with Gasteiger partial charge in [-0.05, 0) is 63.0 Å². The van der Waals surface area contributed by atoms with E-state index in [1.54, 1.807) is 19.1 Å². The van der Waals surface area contributed by atoms with E-state index in [1.165, 1.54) is 12.8 Å². The summed E-state index contributed by atoms with van der Waals surface area (Å²) in [6, 6.07) is 3.34. The fraction of sp³-hybridized carbons (Fsp3) is 0.571. The molecule has 0 aromatic heterocycles. The molecular formula is C14H21ClN2O2S. The number of aryl methyl sites for hydroxylation is 2. The number of rotatable bonds is 5. The lowest BCUT2D eigenvalue weighted by atomic mass is 10.2. The molecular weight excluding hydrogens is 296 g/mol. The summed E-state index contributed by atoms with van der Waals surface area (Å²) < 4.78 is 27.3. The molecule has 1 heterocycles. The molecule has 6 heteroatoms. The number of hydrogen-bond donors (Lipinski definition) is 1. The van der Waals surface area contributed by atoms with Crippen molar-refractivity contribution in [1.29, 1.82) is 0 Å². The first-order valence-electron chi connectivity index (χ1n) is 6.89. The van der Waals surface area contributed by atoms with E-state index in [9.17, 15) is 8.42 Å². The Labute approximate surface area is 126 Å². The van der Waals surface area contributed by atoms with Crippen LogP contribution < -0.4 is 4.72 Å². The minimum absolute atomic E-state index is 0.320. The largest absolute Gasteiger partial charge is 0.302 e. The SMILES string of the molecule is Cc1cc(S(=O)(=O)NCCN2CCCC2)c(C)cc1Cl. The third-order valence-electron chi connectivity index (χ3n) is 3.66. The molecule has 0 saturated carbocycles. The van der Waals surface area contributed by atoms with Crippen LogP contribution in [0.5, 0.6) is 0 Å². The van der Waals surface area contributed by atoms with Crippen LogP contribution >= 0.6 is 11.6 Å². The van der Waals surface area contributed by atoms with Gasteiger partial charge in [0.25, 0.3) is 0 Å². The van der Waals surface area contributed by atoms with Gasteiger partial charge in [0.2, 0.25) is 10.0 Å². The minimum Gasteiger partial charge on any atom is -0.302 e. The Bertz CT molecular complexity index is 581. The molecule has 20 heavy (non-hydrogen) atoms. The molecule has 112 valence electrons. The van der Waals surface area contributed by atoms with Crippen molar-refractivity contribution >= 4 is 21.6 Å². The van der Waals surface area contributed by atoms with Gasteiger partial charge in [0.1, 0.15) is 0 Å². The van der Waals surface area contributed by atoms with Crippen LogP contribution in [0.15, 0.2) is 17.0 Å². The van der Waals surface area contributed by atoms with Crippen molar-refractivity contribution in [3.8, 4) is 0 Å². The van der Waals surface area contributed by atoms with Gasteiger partial charge in [0, 0.05) is 18.1 Å². The number of benzene rings is 1. The Kier molecular flexibility index (Phi) is 5.07. The average Bonchev–Trinajstić information content (AvgIpc) is 2.86. The molecule has 0 radical (unpaired) electrons. The number of nitrogens with zero attached hydrogens (tertiary/aromatic N) is 1. The van der Waals surface area contributed by atoms with Crippen molar-refractivity contribution in [2.45, 2.75) is 31.6 Å². The molecule has 4 nitrogen and oxygen atoms in total. The molecule has 1 fully saturated rings. The van der Waals surface area contributed by atoms with Crippen molar-refractivity contribution < 1.29 is 8.42 Å². The van der Waals surface area contributed by atoms with Gasteiger partial charge in [-0.2, -0.15) is 0 Å². The predicted molar refractivity (Wildman–Crippen MR) is 81.8 cm³/mol. The molecule has 1 N–H and O–H groups in total. The van der Waals surface area contributed by atoms with Gasteiger partial charge < -0.3 is 4.90 Å². The van der Waals surface area contributed by atoms with E-state index < -0.39 is 10.0 Å². The molecule has 0 bridgehead atoms. The number of likely N-dealkylation sites (tertiary alicyclic amines) is 1. The summed E-state index contributed by atoms with van der Waals surface area (Å²) in [6.07, 6.45) is 2.42. The molecule has 1 aliphatic heterocycles. The molecule has 1 aromatic carbocycles. The highest BCUT2D eigenvalue weighted by Gasteiger charge is 2.18. The van der Waals surface area contributed by atoms with Gasteiger partial charge in [-0.3, -0.25) is 0 Å². The molecule has 0 spiro atoms. The second-order valence-electron chi connectivity index (χ2n) is 5.31. The van der Waals surface area contributed by atoms with E-state index in [-0.39, 0.29) is 0 Å². The first-order chi connectivity index (χ1) is 9.40. The van der Waals surface area contributed by atoms with Gasteiger partial charge in [0.15, 0.2) is 0 Å². The zero-order valence-electron chi connectivity index (χ0n) is 11.9. The third kappa shape index (κ3) is 3.73. The van der Waals surface area contributed by atoms with E-state index in [2.05, 4.69) is 9.62 Å². The predicted octanol–water partition coefficient (Wildman–Crippen LogP) is 2.33. The van der Waals surface area contributed by atoms with Gasteiger partial charge >= 0.3 is 0 Å². The van der Waals surface area contributed by atoms with Crippen molar-refractivity contribution in [1.82, 2.24) is 9.62 Å². The summed E-state index contributed by atoms with van der Waals surface area (Å²) in [7, 11) is -3.46.